The van der Waals surface area contributed by atoms with Gasteiger partial charge in [-0.25, -0.2) is 9.37 Å². The second kappa shape index (κ2) is 10.9. The van der Waals surface area contributed by atoms with Crippen molar-refractivity contribution in [2.45, 2.75) is 26.8 Å². The maximum atomic E-state index is 13.0. The number of rotatable bonds is 7. The fourth-order valence-corrected chi connectivity index (χ4v) is 2.39. The highest BCUT2D eigenvalue weighted by Gasteiger charge is 2.17. The van der Waals surface area contributed by atoms with E-state index in [9.17, 15) is 9.18 Å². The van der Waals surface area contributed by atoms with Gasteiger partial charge in [-0.05, 0) is 38.0 Å². The van der Waals surface area contributed by atoms with E-state index in [1.54, 1.807) is 19.2 Å². The molecule has 0 spiro atoms. The summed E-state index contributed by atoms with van der Waals surface area (Å²) < 4.78 is 18.5. The van der Waals surface area contributed by atoms with Crippen molar-refractivity contribution in [1.82, 2.24) is 15.6 Å². The Morgan fingerprint density at radius 2 is 1.96 bits per heavy atom. The lowest BCUT2D eigenvalue weighted by Gasteiger charge is -2.17. The van der Waals surface area contributed by atoms with Gasteiger partial charge in [-0.3, -0.25) is 9.79 Å². The zero-order valence-electron chi connectivity index (χ0n) is 15.6. The lowest BCUT2D eigenvalue weighted by atomic mass is 9.98. The highest BCUT2D eigenvalue weighted by Crippen LogP contribution is 2.10. The summed E-state index contributed by atoms with van der Waals surface area (Å²) in [5.41, 5.74) is 7.17. The van der Waals surface area contributed by atoms with Crippen molar-refractivity contribution in [2.24, 2.45) is 16.6 Å². The first-order chi connectivity index (χ1) is 12.4. The molecule has 0 aliphatic carbocycles. The number of aromatic nitrogens is 1. The number of hydrogen-bond acceptors (Lipinski definition) is 4. The van der Waals surface area contributed by atoms with Crippen LogP contribution in [0.4, 0.5) is 4.39 Å². The van der Waals surface area contributed by atoms with E-state index >= 15 is 0 Å². The molecule has 0 saturated heterocycles. The summed E-state index contributed by atoms with van der Waals surface area (Å²) in [6.07, 6.45) is 0.414. The van der Waals surface area contributed by atoms with Crippen molar-refractivity contribution in [3.8, 4) is 0 Å². The Bertz CT molecular complexity index is 757. The van der Waals surface area contributed by atoms with E-state index in [0.29, 0.717) is 31.4 Å². The molecule has 0 bridgehead atoms. The van der Waals surface area contributed by atoms with Crippen LogP contribution in [-0.4, -0.2) is 30.4 Å². The summed E-state index contributed by atoms with van der Waals surface area (Å²) in [5.74, 6) is 0.632. The first-order valence-electron chi connectivity index (χ1n) is 8.30. The third kappa shape index (κ3) is 7.16. The fraction of sp³-hybridized carbons (Fsp3) is 0.389. The smallest absolute Gasteiger partial charge is 0.222 e. The van der Waals surface area contributed by atoms with Crippen molar-refractivity contribution in [1.29, 1.82) is 0 Å². The fourth-order valence-electron chi connectivity index (χ4n) is 2.39. The third-order valence-electron chi connectivity index (χ3n) is 4.02. The van der Waals surface area contributed by atoms with Crippen molar-refractivity contribution in [2.75, 3.05) is 13.6 Å². The van der Waals surface area contributed by atoms with E-state index < -0.39 is 11.8 Å². The van der Waals surface area contributed by atoms with Crippen LogP contribution in [0.3, 0.4) is 0 Å². The molecule has 0 aliphatic heterocycles. The second-order valence-electron chi connectivity index (χ2n) is 5.99. The highest BCUT2D eigenvalue weighted by molar-refractivity contribution is 14.0. The van der Waals surface area contributed by atoms with E-state index in [0.717, 1.165) is 17.0 Å². The molecular weight excluding hydrogens is 464 g/mol. The molecule has 1 atom stereocenters. The van der Waals surface area contributed by atoms with Gasteiger partial charge in [0.2, 0.25) is 11.8 Å². The first kappa shape index (κ1) is 22.9. The van der Waals surface area contributed by atoms with Gasteiger partial charge in [0.25, 0.3) is 0 Å². The van der Waals surface area contributed by atoms with Gasteiger partial charge >= 0.3 is 0 Å². The minimum absolute atomic E-state index is 0. The van der Waals surface area contributed by atoms with E-state index in [1.807, 2.05) is 13.8 Å². The van der Waals surface area contributed by atoms with Gasteiger partial charge in [0.05, 0.1) is 18.2 Å². The van der Waals surface area contributed by atoms with Crippen LogP contribution in [0, 0.1) is 25.6 Å². The topological polar surface area (TPSA) is 106 Å². The number of aliphatic imine (C=N–C) groups is 1. The molecule has 1 heterocycles. The molecule has 0 fully saturated rings. The van der Waals surface area contributed by atoms with Crippen LogP contribution in [0.1, 0.15) is 22.9 Å². The third-order valence-corrected chi connectivity index (χ3v) is 4.02. The molecule has 7 nitrogen and oxygen atoms in total. The summed E-state index contributed by atoms with van der Waals surface area (Å²) in [5, 5.41) is 6.14. The maximum Gasteiger partial charge on any atom is 0.222 e. The normalized spacial score (nSPS) is 12.2. The SMILES string of the molecule is CN=C(NCc1nc(C)c(C)o1)NCC(Cc1ccc(F)cc1)C(N)=O.I. The Balaban J connectivity index is 0.00000364. The Labute approximate surface area is 175 Å². The summed E-state index contributed by atoms with van der Waals surface area (Å²) in [7, 11) is 1.63. The van der Waals surface area contributed by atoms with Crippen LogP contribution in [0.25, 0.3) is 0 Å². The van der Waals surface area contributed by atoms with Crippen LogP contribution in [0.5, 0.6) is 0 Å². The molecule has 0 radical (unpaired) electrons. The second-order valence-corrected chi connectivity index (χ2v) is 5.99. The Hall–Kier alpha value is -2.17. The minimum Gasteiger partial charge on any atom is -0.444 e. The van der Waals surface area contributed by atoms with Crippen molar-refractivity contribution < 1.29 is 13.6 Å². The first-order valence-corrected chi connectivity index (χ1v) is 8.30. The molecule has 2 rings (SSSR count). The standard InChI is InChI=1S/C18H24FN5O2.HI/c1-11-12(2)26-16(24-11)10-23-18(21-3)22-9-14(17(20)25)8-13-4-6-15(19)7-5-13;/h4-7,14H,8-10H2,1-3H3,(H2,20,25)(H2,21,22,23);1H. The minimum atomic E-state index is -0.453. The lowest BCUT2D eigenvalue weighted by molar-refractivity contribution is -0.121. The predicted molar refractivity (Wildman–Crippen MR) is 112 cm³/mol. The number of nitrogens with zero attached hydrogens (tertiary/aromatic N) is 2. The number of oxazole rings is 1. The quantitative estimate of drug-likeness (QED) is 0.314. The summed E-state index contributed by atoms with van der Waals surface area (Å²) >= 11 is 0. The number of halogens is 2. The van der Waals surface area contributed by atoms with E-state index in [-0.39, 0.29) is 29.8 Å². The predicted octanol–water partition coefficient (Wildman–Crippen LogP) is 2.06. The van der Waals surface area contributed by atoms with E-state index in [2.05, 4.69) is 20.6 Å². The van der Waals surface area contributed by atoms with Gasteiger partial charge in [-0.1, -0.05) is 12.1 Å². The molecule has 1 unspecified atom stereocenters. The molecule has 2 aromatic rings. The average Bonchev–Trinajstić information content (AvgIpc) is 2.93. The number of carbonyl (C=O) groups excluding carboxylic acids is 1. The number of carbonyl (C=O) groups is 1. The van der Waals surface area contributed by atoms with Crippen molar-refractivity contribution in [3.63, 3.8) is 0 Å². The molecule has 1 amide bonds. The zero-order chi connectivity index (χ0) is 19.1. The Morgan fingerprint density at radius 1 is 1.30 bits per heavy atom. The molecule has 148 valence electrons. The van der Waals surface area contributed by atoms with Crippen LogP contribution < -0.4 is 16.4 Å². The summed E-state index contributed by atoms with van der Waals surface area (Å²) in [6, 6.07) is 6.01. The average molecular weight is 489 g/mol. The van der Waals surface area contributed by atoms with E-state index in [4.69, 9.17) is 10.2 Å². The van der Waals surface area contributed by atoms with Gasteiger partial charge in [0.15, 0.2) is 5.96 Å². The number of benzene rings is 1. The molecule has 0 aliphatic rings. The molecule has 1 aromatic carbocycles. The molecule has 1 aromatic heterocycles. The van der Waals surface area contributed by atoms with Crippen LogP contribution in [-0.2, 0) is 17.8 Å². The van der Waals surface area contributed by atoms with Gasteiger partial charge < -0.3 is 20.8 Å². The molecule has 27 heavy (non-hydrogen) atoms. The number of nitrogens with one attached hydrogen (secondary N) is 2. The van der Waals surface area contributed by atoms with E-state index in [1.165, 1.54) is 12.1 Å². The highest BCUT2D eigenvalue weighted by atomic mass is 127. The number of guanidine groups is 1. The number of nitrogens with two attached hydrogens (primary N) is 1. The number of hydrogen-bond donors (Lipinski definition) is 3. The van der Waals surface area contributed by atoms with Gasteiger partial charge in [-0.15, -0.1) is 24.0 Å². The van der Waals surface area contributed by atoms with Gasteiger partial charge in [0.1, 0.15) is 11.6 Å². The molecule has 0 saturated carbocycles. The monoisotopic (exact) mass is 489 g/mol. The largest absolute Gasteiger partial charge is 0.444 e. The Morgan fingerprint density at radius 3 is 2.48 bits per heavy atom. The summed E-state index contributed by atoms with van der Waals surface area (Å²) in [6.45, 7) is 4.40. The van der Waals surface area contributed by atoms with Gasteiger partial charge in [-0.2, -0.15) is 0 Å². The maximum absolute atomic E-state index is 13.0. The van der Waals surface area contributed by atoms with Crippen molar-refractivity contribution >= 4 is 35.8 Å². The molecule has 9 heteroatoms. The van der Waals surface area contributed by atoms with Crippen molar-refractivity contribution in [3.05, 3.63) is 53.0 Å². The van der Waals surface area contributed by atoms with Crippen LogP contribution in [0.15, 0.2) is 33.7 Å². The number of aryl methyl sites for hydroxylation is 2. The number of primary amides is 1. The van der Waals surface area contributed by atoms with Gasteiger partial charge in [0, 0.05) is 13.6 Å². The van der Waals surface area contributed by atoms with Crippen LogP contribution >= 0.6 is 24.0 Å². The molecule has 4 N–H and O–H groups in total. The Kier molecular flexibility index (Phi) is 9.19. The number of amides is 1. The van der Waals surface area contributed by atoms with Crippen LogP contribution in [0.2, 0.25) is 0 Å². The zero-order valence-corrected chi connectivity index (χ0v) is 17.9. The summed E-state index contributed by atoms with van der Waals surface area (Å²) in [4.78, 5) is 20.1. The molecular formula is C18H25FIN5O2. The lowest BCUT2D eigenvalue weighted by Crippen LogP contribution is -2.42.